The van der Waals surface area contributed by atoms with Gasteiger partial charge in [-0.2, -0.15) is 0 Å². The molecular weight excluding hydrogens is 795 g/mol. The maximum Gasteiger partial charge on any atom is 0.0546 e. The predicted molar refractivity (Wildman–Crippen MR) is 283 cm³/mol. The summed E-state index contributed by atoms with van der Waals surface area (Å²) in [6, 6.07) is 88.1. The summed E-state index contributed by atoms with van der Waals surface area (Å²) in [6.07, 6.45) is 0. The molecule has 0 spiro atoms. The molecule has 0 N–H and O–H groups in total. The largest absolute Gasteiger partial charge is 0.310 e. The summed E-state index contributed by atoms with van der Waals surface area (Å²) in [5.41, 5.74) is 15.7. The van der Waals surface area contributed by atoms with Crippen LogP contribution in [0.3, 0.4) is 0 Å². The molecule has 0 aromatic heterocycles. The summed E-state index contributed by atoms with van der Waals surface area (Å²) in [7, 11) is 0. The van der Waals surface area contributed by atoms with Crippen molar-refractivity contribution in [1.82, 2.24) is 0 Å². The van der Waals surface area contributed by atoms with Crippen molar-refractivity contribution in [3.8, 4) is 44.5 Å². The third-order valence-electron chi connectivity index (χ3n) is 14.4. The lowest BCUT2D eigenvalue weighted by molar-refractivity contribution is 0.660. The molecule has 0 amide bonds. The summed E-state index contributed by atoms with van der Waals surface area (Å²) < 4.78 is 0. The van der Waals surface area contributed by atoms with Crippen molar-refractivity contribution in [3.63, 3.8) is 0 Å². The molecule has 0 heterocycles. The minimum Gasteiger partial charge on any atom is -0.310 e. The highest BCUT2D eigenvalue weighted by molar-refractivity contribution is 6.27. The van der Waals surface area contributed by atoms with Gasteiger partial charge in [-0.3, -0.25) is 0 Å². The maximum atomic E-state index is 2.53. The zero-order valence-electron chi connectivity index (χ0n) is 37.0. The van der Waals surface area contributed by atoms with E-state index < -0.39 is 0 Å². The first-order chi connectivity index (χ1) is 32.5. The molecule has 0 fully saturated rings. The van der Waals surface area contributed by atoms with Gasteiger partial charge in [0.25, 0.3) is 0 Å². The molecule has 12 aromatic carbocycles. The number of nitrogens with zero attached hydrogens (tertiary/aromatic N) is 1. The first kappa shape index (κ1) is 38.2. The van der Waals surface area contributed by atoms with E-state index in [9.17, 15) is 0 Å². The molecule has 1 heteroatoms. The van der Waals surface area contributed by atoms with Gasteiger partial charge in [0.1, 0.15) is 0 Å². The highest BCUT2D eigenvalue weighted by Gasteiger charge is 2.36. The number of hydrogen-bond acceptors (Lipinski definition) is 1. The first-order valence-electron chi connectivity index (χ1n) is 23.1. The number of hydrogen-bond donors (Lipinski definition) is 0. The Morgan fingerprint density at radius 3 is 1.36 bits per heavy atom. The zero-order valence-corrected chi connectivity index (χ0v) is 37.0. The molecule has 310 valence electrons. The van der Waals surface area contributed by atoms with Crippen molar-refractivity contribution < 1.29 is 0 Å². The van der Waals surface area contributed by atoms with Crippen molar-refractivity contribution in [3.05, 3.63) is 248 Å². The molecule has 0 aliphatic heterocycles. The summed E-state index contributed by atoms with van der Waals surface area (Å²) in [4.78, 5) is 2.53. The molecule has 0 saturated carbocycles. The van der Waals surface area contributed by atoms with E-state index in [1.807, 2.05) is 0 Å². The average Bonchev–Trinajstić information content (AvgIpc) is 3.61. The lowest BCUT2D eigenvalue weighted by Gasteiger charge is -2.31. The van der Waals surface area contributed by atoms with Gasteiger partial charge in [0, 0.05) is 22.4 Å². The van der Waals surface area contributed by atoms with E-state index in [4.69, 9.17) is 0 Å². The highest BCUT2D eigenvalue weighted by atomic mass is 15.1. The summed E-state index contributed by atoms with van der Waals surface area (Å²) >= 11 is 0. The molecule has 66 heavy (non-hydrogen) atoms. The van der Waals surface area contributed by atoms with Gasteiger partial charge in [0.15, 0.2) is 0 Å². The van der Waals surface area contributed by atoms with Crippen LogP contribution in [0.5, 0.6) is 0 Å². The van der Waals surface area contributed by atoms with E-state index >= 15 is 0 Å². The van der Waals surface area contributed by atoms with Crippen LogP contribution in [0.4, 0.5) is 17.1 Å². The molecule has 0 atom stereocenters. The fraction of sp³-hybridized carbons (Fsp3) is 0.0462. The smallest absolute Gasteiger partial charge is 0.0546 e. The van der Waals surface area contributed by atoms with E-state index in [1.54, 1.807) is 0 Å². The lowest BCUT2D eigenvalue weighted by Crippen LogP contribution is -2.17. The normalized spacial score (nSPS) is 12.8. The van der Waals surface area contributed by atoms with Crippen molar-refractivity contribution in [2.45, 2.75) is 19.3 Å². The second-order valence-electron chi connectivity index (χ2n) is 18.4. The van der Waals surface area contributed by atoms with E-state index in [0.29, 0.717) is 0 Å². The van der Waals surface area contributed by atoms with E-state index in [-0.39, 0.29) is 5.41 Å². The molecule has 0 unspecified atom stereocenters. The summed E-state index contributed by atoms with van der Waals surface area (Å²) in [6.45, 7) is 4.76. The Morgan fingerprint density at radius 2 is 0.712 bits per heavy atom. The van der Waals surface area contributed by atoms with Crippen LogP contribution in [0.15, 0.2) is 237 Å². The third-order valence-corrected chi connectivity index (χ3v) is 14.4. The second kappa shape index (κ2) is 14.9. The van der Waals surface area contributed by atoms with Crippen molar-refractivity contribution in [2.24, 2.45) is 0 Å². The minimum atomic E-state index is -0.172. The molecule has 12 aromatic rings. The quantitative estimate of drug-likeness (QED) is 0.151. The van der Waals surface area contributed by atoms with Crippen LogP contribution in [0.25, 0.3) is 98.4 Å². The number of benzene rings is 12. The Morgan fingerprint density at radius 1 is 0.273 bits per heavy atom. The maximum absolute atomic E-state index is 2.53. The molecule has 1 nitrogen and oxygen atoms in total. The van der Waals surface area contributed by atoms with Crippen LogP contribution in [-0.4, -0.2) is 0 Å². The van der Waals surface area contributed by atoms with Crippen molar-refractivity contribution in [2.75, 3.05) is 4.90 Å². The molecule has 0 bridgehead atoms. The highest BCUT2D eigenvalue weighted by Crippen LogP contribution is 2.53. The van der Waals surface area contributed by atoms with Gasteiger partial charge in [-0.05, 0) is 140 Å². The third kappa shape index (κ3) is 5.87. The predicted octanol–water partition coefficient (Wildman–Crippen LogP) is 18.2. The minimum absolute atomic E-state index is 0.172. The Labute approximate surface area is 385 Å². The Balaban J connectivity index is 1.13. The first-order valence-corrected chi connectivity index (χ1v) is 23.1. The monoisotopic (exact) mass is 839 g/mol. The van der Waals surface area contributed by atoms with Crippen LogP contribution < -0.4 is 4.90 Å². The molecular formula is C65H45N. The van der Waals surface area contributed by atoms with Crippen LogP contribution in [-0.2, 0) is 5.41 Å². The van der Waals surface area contributed by atoms with E-state index in [2.05, 4.69) is 255 Å². The summed E-state index contributed by atoms with van der Waals surface area (Å²) in [5, 5.41) is 12.5. The SMILES string of the molecule is CC1(C)c2ccccc2-c2ccc(N(c3ccc(-c4cccc5ccccc45)cc3)c3cc4c5ccccc5c5ccccc5c4cc3-c3ccccc3-c3cccc4ccccc34)cc21. The lowest BCUT2D eigenvalue weighted by atomic mass is 9.82. The van der Waals surface area contributed by atoms with Gasteiger partial charge < -0.3 is 4.90 Å². The second-order valence-corrected chi connectivity index (χ2v) is 18.4. The van der Waals surface area contributed by atoms with Gasteiger partial charge in [-0.25, -0.2) is 0 Å². The fourth-order valence-electron chi connectivity index (χ4n) is 11.3. The Kier molecular flexibility index (Phi) is 8.63. The number of fused-ring (bicyclic) bond motifs is 11. The van der Waals surface area contributed by atoms with Gasteiger partial charge in [0.2, 0.25) is 0 Å². The van der Waals surface area contributed by atoms with Gasteiger partial charge in [-0.15, -0.1) is 0 Å². The van der Waals surface area contributed by atoms with Crippen LogP contribution in [0.2, 0.25) is 0 Å². The number of rotatable bonds is 6. The van der Waals surface area contributed by atoms with Gasteiger partial charge in [-0.1, -0.05) is 214 Å². The van der Waals surface area contributed by atoms with Crippen molar-refractivity contribution >= 4 is 70.9 Å². The molecule has 1 aliphatic carbocycles. The topological polar surface area (TPSA) is 3.24 Å². The van der Waals surface area contributed by atoms with E-state index in [0.717, 1.165) is 17.1 Å². The Hall–Kier alpha value is -8.26. The molecule has 13 rings (SSSR count). The number of anilines is 3. The zero-order chi connectivity index (χ0) is 43.9. The van der Waals surface area contributed by atoms with Crippen LogP contribution >= 0.6 is 0 Å². The van der Waals surface area contributed by atoms with E-state index in [1.165, 1.54) is 109 Å². The Bertz CT molecular complexity index is 3900. The standard InChI is InChI=1S/C65H45N/c1-65(2)62-32-14-13-29-57(62)58-38-37-46(39-63(58)65)66(45-35-33-44(34-36-45)48-30-15-19-42-17-3-5-21-47(42)48)64-41-60-55-27-11-8-25-53(55)52-24-7-10-26-54(52)59(60)40-61(64)56-28-12-9-23-51(56)50-31-16-20-43-18-4-6-22-49(43)50/h3-41H,1-2H3. The van der Waals surface area contributed by atoms with Crippen molar-refractivity contribution in [1.29, 1.82) is 0 Å². The van der Waals surface area contributed by atoms with Gasteiger partial charge >= 0.3 is 0 Å². The van der Waals surface area contributed by atoms with Gasteiger partial charge in [0.05, 0.1) is 5.69 Å². The summed E-state index contributed by atoms with van der Waals surface area (Å²) in [5.74, 6) is 0. The fourth-order valence-corrected chi connectivity index (χ4v) is 11.3. The van der Waals surface area contributed by atoms with Crippen LogP contribution in [0.1, 0.15) is 25.0 Å². The molecule has 0 radical (unpaired) electrons. The molecule has 0 saturated heterocycles. The molecule has 1 aliphatic rings. The van der Waals surface area contributed by atoms with Crippen LogP contribution in [0, 0.1) is 0 Å². The average molecular weight is 840 g/mol.